The minimum atomic E-state index is -3.75. The largest absolute Gasteiger partial charge is 0.282 e. The van der Waals surface area contributed by atoms with Crippen molar-refractivity contribution in [1.82, 2.24) is 0 Å². The van der Waals surface area contributed by atoms with Crippen molar-refractivity contribution in [2.75, 3.05) is 0 Å². The van der Waals surface area contributed by atoms with Crippen molar-refractivity contribution in [3.63, 3.8) is 0 Å². The Labute approximate surface area is 118 Å². The Hall–Kier alpha value is -1.59. The molecule has 6 heteroatoms. The summed E-state index contributed by atoms with van der Waals surface area (Å²) in [5, 5.41) is 0.347. The highest BCUT2D eigenvalue weighted by atomic mass is 35.5. The summed E-state index contributed by atoms with van der Waals surface area (Å²) in [4.78, 5) is 0.0557. The molecule has 0 heterocycles. The van der Waals surface area contributed by atoms with Crippen LogP contribution < -0.4 is 5.46 Å². The standard InChI is InChI=1S/C13H9BClNO2S/c14-11-4-1-3-10(7-11)9-16-19(17,18)13-6-2-5-12(15)8-13/h1-9H. The van der Waals surface area contributed by atoms with Crippen LogP contribution in [0.3, 0.4) is 0 Å². The van der Waals surface area contributed by atoms with E-state index in [4.69, 9.17) is 19.4 Å². The van der Waals surface area contributed by atoms with Crippen molar-refractivity contribution in [3.05, 3.63) is 59.1 Å². The Morgan fingerprint density at radius 2 is 1.84 bits per heavy atom. The Bertz CT molecular complexity index is 729. The zero-order valence-corrected chi connectivity index (χ0v) is 11.4. The molecule has 0 amide bonds. The van der Waals surface area contributed by atoms with Gasteiger partial charge in [0.25, 0.3) is 10.0 Å². The van der Waals surface area contributed by atoms with Crippen LogP contribution in [-0.2, 0) is 10.0 Å². The van der Waals surface area contributed by atoms with Gasteiger partial charge in [0, 0.05) is 11.2 Å². The molecule has 0 aliphatic heterocycles. The van der Waals surface area contributed by atoms with Gasteiger partial charge in [-0.2, -0.15) is 12.8 Å². The van der Waals surface area contributed by atoms with Gasteiger partial charge in [0.05, 0.1) is 4.90 Å². The van der Waals surface area contributed by atoms with Crippen molar-refractivity contribution >= 4 is 41.1 Å². The summed E-state index contributed by atoms with van der Waals surface area (Å²) < 4.78 is 27.5. The Morgan fingerprint density at radius 3 is 2.53 bits per heavy atom. The third-order valence-electron chi connectivity index (χ3n) is 2.35. The van der Waals surface area contributed by atoms with Gasteiger partial charge >= 0.3 is 0 Å². The first-order valence-electron chi connectivity index (χ1n) is 5.39. The van der Waals surface area contributed by atoms with Gasteiger partial charge in [-0.05, 0) is 23.8 Å². The number of rotatable bonds is 3. The van der Waals surface area contributed by atoms with Crippen LogP contribution in [0.5, 0.6) is 0 Å². The minimum Gasteiger partial charge on any atom is -0.199 e. The highest BCUT2D eigenvalue weighted by Gasteiger charge is 2.11. The van der Waals surface area contributed by atoms with Gasteiger partial charge in [-0.3, -0.25) is 0 Å². The van der Waals surface area contributed by atoms with Crippen LogP contribution in [0.4, 0.5) is 0 Å². The molecule has 0 bridgehead atoms. The third kappa shape index (κ3) is 3.69. The molecule has 2 radical (unpaired) electrons. The second-order valence-electron chi connectivity index (χ2n) is 3.84. The molecule has 0 aliphatic carbocycles. The highest BCUT2D eigenvalue weighted by molar-refractivity contribution is 7.90. The Kier molecular flexibility index (Phi) is 4.07. The maximum Gasteiger partial charge on any atom is 0.282 e. The molecule has 94 valence electrons. The van der Waals surface area contributed by atoms with Crippen molar-refractivity contribution in [2.45, 2.75) is 4.90 Å². The molecule has 3 nitrogen and oxygen atoms in total. The summed E-state index contributed by atoms with van der Waals surface area (Å²) in [6.07, 6.45) is 1.26. The van der Waals surface area contributed by atoms with E-state index in [1.807, 2.05) is 0 Å². The maximum atomic E-state index is 12.0. The number of hydrogen-bond acceptors (Lipinski definition) is 2. The normalized spacial score (nSPS) is 11.8. The van der Waals surface area contributed by atoms with E-state index in [9.17, 15) is 8.42 Å². The van der Waals surface area contributed by atoms with Gasteiger partial charge in [-0.15, -0.1) is 0 Å². The molecular formula is C13H9BClNO2S. The van der Waals surface area contributed by atoms with Gasteiger partial charge < -0.3 is 0 Å². The quantitative estimate of drug-likeness (QED) is 0.640. The summed E-state index contributed by atoms with van der Waals surface area (Å²) in [6.45, 7) is 0. The average Bonchev–Trinajstić information content (AvgIpc) is 2.37. The van der Waals surface area contributed by atoms with Crippen molar-refractivity contribution in [1.29, 1.82) is 0 Å². The molecule has 0 aromatic heterocycles. The van der Waals surface area contributed by atoms with Crippen molar-refractivity contribution in [3.8, 4) is 0 Å². The second-order valence-corrected chi connectivity index (χ2v) is 5.91. The fourth-order valence-electron chi connectivity index (χ4n) is 1.46. The Morgan fingerprint density at radius 1 is 1.11 bits per heavy atom. The van der Waals surface area contributed by atoms with Crippen LogP contribution in [0.2, 0.25) is 5.02 Å². The number of halogens is 1. The van der Waals surface area contributed by atoms with Gasteiger partial charge in [0.1, 0.15) is 7.85 Å². The summed E-state index contributed by atoms with van der Waals surface area (Å²) in [5.41, 5.74) is 1.16. The number of nitrogens with zero attached hydrogens (tertiary/aromatic N) is 1. The van der Waals surface area contributed by atoms with E-state index in [-0.39, 0.29) is 4.90 Å². The smallest absolute Gasteiger partial charge is 0.199 e. The van der Waals surface area contributed by atoms with Gasteiger partial charge in [0.15, 0.2) is 0 Å². The lowest BCUT2D eigenvalue weighted by Crippen LogP contribution is -2.03. The number of hydrogen-bond donors (Lipinski definition) is 0. The lowest BCUT2D eigenvalue weighted by atomic mass is 9.95. The van der Waals surface area contributed by atoms with Gasteiger partial charge in [-0.25, -0.2) is 0 Å². The molecule has 0 unspecified atom stereocenters. The molecule has 2 aromatic carbocycles. The lowest BCUT2D eigenvalue weighted by Gasteiger charge is -1.99. The van der Waals surface area contributed by atoms with E-state index in [2.05, 4.69) is 4.40 Å². The lowest BCUT2D eigenvalue weighted by molar-refractivity contribution is 0.598. The van der Waals surface area contributed by atoms with Crippen LogP contribution in [0.15, 0.2) is 57.8 Å². The second kappa shape index (κ2) is 5.59. The highest BCUT2D eigenvalue weighted by Crippen LogP contribution is 2.17. The predicted octanol–water partition coefficient (Wildman–Crippen LogP) is 1.94. The zero-order chi connectivity index (χ0) is 13.9. The zero-order valence-electron chi connectivity index (χ0n) is 9.82. The molecule has 0 spiro atoms. The molecule has 0 N–H and O–H groups in total. The summed E-state index contributed by atoms with van der Waals surface area (Å²) in [6, 6.07) is 12.7. The van der Waals surface area contributed by atoms with Crippen LogP contribution in [0.1, 0.15) is 5.56 Å². The van der Waals surface area contributed by atoms with E-state index in [1.165, 1.54) is 18.3 Å². The number of sulfonamides is 1. The van der Waals surface area contributed by atoms with Crippen LogP contribution in [-0.4, -0.2) is 22.5 Å². The van der Waals surface area contributed by atoms with E-state index in [0.29, 0.717) is 16.0 Å². The van der Waals surface area contributed by atoms with Crippen LogP contribution >= 0.6 is 11.6 Å². The molecule has 2 aromatic rings. The molecule has 0 saturated heterocycles. The van der Waals surface area contributed by atoms with Gasteiger partial charge in [-0.1, -0.05) is 47.4 Å². The fraction of sp³-hybridized carbons (Fsp3) is 0. The summed E-state index contributed by atoms with van der Waals surface area (Å²) in [5.74, 6) is 0. The first-order valence-corrected chi connectivity index (χ1v) is 7.21. The molecule has 0 fully saturated rings. The molecule has 0 aliphatic rings. The van der Waals surface area contributed by atoms with E-state index >= 15 is 0 Å². The van der Waals surface area contributed by atoms with E-state index < -0.39 is 10.0 Å². The Balaban J connectivity index is 2.32. The first kappa shape index (κ1) is 13.8. The summed E-state index contributed by atoms with van der Waals surface area (Å²) in [7, 11) is 1.85. The number of benzene rings is 2. The van der Waals surface area contributed by atoms with Crippen molar-refractivity contribution in [2.24, 2.45) is 4.40 Å². The predicted molar refractivity (Wildman–Crippen MR) is 78.1 cm³/mol. The van der Waals surface area contributed by atoms with Crippen LogP contribution in [0.25, 0.3) is 0 Å². The first-order chi connectivity index (χ1) is 8.97. The molecule has 19 heavy (non-hydrogen) atoms. The van der Waals surface area contributed by atoms with Gasteiger partial charge in [0.2, 0.25) is 0 Å². The molecule has 0 saturated carbocycles. The monoisotopic (exact) mass is 289 g/mol. The average molecular weight is 290 g/mol. The minimum absolute atomic E-state index is 0.0557. The van der Waals surface area contributed by atoms with E-state index in [0.717, 1.165) is 0 Å². The topological polar surface area (TPSA) is 46.5 Å². The van der Waals surface area contributed by atoms with E-state index in [1.54, 1.807) is 36.4 Å². The third-order valence-corrected chi connectivity index (χ3v) is 3.81. The fourth-order valence-corrected chi connectivity index (χ4v) is 2.62. The summed E-state index contributed by atoms with van der Waals surface area (Å²) >= 11 is 5.76. The molecule has 2 rings (SSSR count). The molecular weight excluding hydrogens is 280 g/mol. The molecule has 0 atom stereocenters. The SMILES string of the molecule is [B]c1cccc(C=NS(=O)(=O)c2cccc(Cl)c2)c1. The van der Waals surface area contributed by atoms with Crippen molar-refractivity contribution < 1.29 is 8.42 Å². The van der Waals surface area contributed by atoms with Crippen LogP contribution in [0, 0.1) is 0 Å². The maximum absolute atomic E-state index is 12.0.